The van der Waals surface area contributed by atoms with E-state index in [2.05, 4.69) is 16.4 Å². The summed E-state index contributed by atoms with van der Waals surface area (Å²) in [5.41, 5.74) is 4.38. The van der Waals surface area contributed by atoms with Crippen molar-refractivity contribution in [3.8, 4) is 17.4 Å². The number of halogens is 1. The lowest BCUT2D eigenvalue weighted by Gasteiger charge is -2.09. The van der Waals surface area contributed by atoms with E-state index in [9.17, 15) is 9.18 Å². The first kappa shape index (κ1) is 21.0. The summed E-state index contributed by atoms with van der Waals surface area (Å²) in [5, 5.41) is 12.1. The summed E-state index contributed by atoms with van der Waals surface area (Å²) in [4.78, 5) is 16.9. The van der Waals surface area contributed by atoms with E-state index in [0.29, 0.717) is 29.3 Å². The molecule has 0 atom stereocenters. The molecule has 5 nitrogen and oxygen atoms in total. The molecule has 32 heavy (non-hydrogen) atoms. The topological polar surface area (TPSA) is 78.9 Å². The van der Waals surface area contributed by atoms with Crippen LogP contribution in [0.1, 0.15) is 33.5 Å². The molecule has 0 fully saturated rings. The van der Waals surface area contributed by atoms with Crippen molar-refractivity contribution >= 4 is 17.5 Å². The van der Waals surface area contributed by atoms with Crippen molar-refractivity contribution in [2.75, 3.05) is 5.32 Å². The summed E-state index contributed by atoms with van der Waals surface area (Å²) in [6.45, 7) is 1.92. The molecule has 1 N–H and O–H groups in total. The van der Waals surface area contributed by atoms with E-state index in [0.717, 1.165) is 22.4 Å². The van der Waals surface area contributed by atoms with Gasteiger partial charge in [0.15, 0.2) is 11.5 Å². The Balaban J connectivity index is 1.46. The van der Waals surface area contributed by atoms with Crippen LogP contribution in [0.5, 0.6) is 0 Å². The zero-order valence-electron chi connectivity index (χ0n) is 17.4. The fraction of sp³-hybridized carbons (Fsp3) is 0.115. The van der Waals surface area contributed by atoms with Crippen LogP contribution in [0.3, 0.4) is 0 Å². The van der Waals surface area contributed by atoms with Gasteiger partial charge in [0, 0.05) is 23.2 Å². The smallest absolute Gasteiger partial charge is 0.299 e. The molecule has 6 heteroatoms. The zero-order valence-corrected chi connectivity index (χ0v) is 17.4. The van der Waals surface area contributed by atoms with E-state index in [4.69, 9.17) is 9.68 Å². The number of benzene rings is 3. The van der Waals surface area contributed by atoms with Crippen LogP contribution in [0, 0.1) is 24.1 Å². The Hall–Kier alpha value is -4.24. The minimum Gasteiger partial charge on any atom is -0.423 e. The minimum atomic E-state index is -0.303. The molecule has 0 radical (unpaired) electrons. The van der Waals surface area contributed by atoms with Crippen LogP contribution in [0.2, 0.25) is 0 Å². The van der Waals surface area contributed by atoms with E-state index in [1.807, 2.05) is 19.1 Å². The maximum Gasteiger partial charge on any atom is 0.299 e. The van der Waals surface area contributed by atoms with Gasteiger partial charge < -0.3 is 9.73 Å². The normalized spacial score (nSPS) is 10.5. The van der Waals surface area contributed by atoms with E-state index in [1.165, 1.54) is 12.1 Å². The highest BCUT2D eigenvalue weighted by Crippen LogP contribution is 2.27. The van der Waals surface area contributed by atoms with Gasteiger partial charge in [-0.05, 0) is 66.9 Å². The van der Waals surface area contributed by atoms with Gasteiger partial charge in [-0.25, -0.2) is 9.37 Å². The number of rotatable bonds is 7. The summed E-state index contributed by atoms with van der Waals surface area (Å²) >= 11 is 0. The van der Waals surface area contributed by atoms with Crippen LogP contribution in [0.15, 0.2) is 77.3 Å². The summed E-state index contributed by atoms with van der Waals surface area (Å²) in [7, 11) is 0. The summed E-state index contributed by atoms with van der Waals surface area (Å²) < 4.78 is 19.1. The standard InChI is InChI=1S/C26H20FN3O2/c1-17-5-9-21(24(31)12-8-18-3-2-4-22(27)13-18)14-23(17)30-26-29-16-25(32-26)20-10-6-19(15-28)7-11-20/h2-7,9-11,13-14,16H,8,12H2,1H3,(H,29,30). The molecule has 1 heterocycles. The molecule has 0 spiro atoms. The fourth-order valence-electron chi connectivity index (χ4n) is 3.31. The van der Waals surface area contributed by atoms with Crippen LogP contribution in [0.25, 0.3) is 11.3 Å². The number of Topliss-reactive ketones (excluding diaryl/α,β-unsaturated/α-hetero) is 1. The van der Waals surface area contributed by atoms with E-state index < -0.39 is 0 Å². The molecule has 3 aromatic carbocycles. The largest absolute Gasteiger partial charge is 0.423 e. The average Bonchev–Trinajstić information content (AvgIpc) is 3.27. The lowest BCUT2D eigenvalue weighted by Crippen LogP contribution is -2.03. The van der Waals surface area contributed by atoms with Gasteiger partial charge in [0.2, 0.25) is 0 Å². The van der Waals surface area contributed by atoms with Gasteiger partial charge in [-0.2, -0.15) is 5.26 Å². The SMILES string of the molecule is Cc1ccc(C(=O)CCc2cccc(F)c2)cc1Nc1ncc(-c2ccc(C#N)cc2)o1. The molecular formula is C26H20FN3O2. The summed E-state index contributed by atoms with van der Waals surface area (Å²) in [6, 6.07) is 21.1. The van der Waals surface area contributed by atoms with Gasteiger partial charge in [0.1, 0.15) is 5.82 Å². The number of carbonyl (C=O) groups is 1. The predicted octanol–water partition coefficient (Wildman–Crippen LogP) is 6.22. The van der Waals surface area contributed by atoms with Crippen LogP contribution in [0.4, 0.5) is 16.1 Å². The van der Waals surface area contributed by atoms with Crippen molar-refractivity contribution in [2.45, 2.75) is 19.8 Å². The number of aryl methyl sites for hydroxylation is 2. The highest BCUT2D eigenvalue weighted by atomic mass is 19.1. The second-order valence-corrected chi connectivity index (χ2v) is 7.43. The van der Waals surface area contributed by atoms with Crippen molar-refractivity contribution in [3.05, 3.63) is 101 Å². The van der Waals surface area contributed by atoms with Gasteiger partial charge in [-0.15, -0.1) is 0 Å². The highest BCUT2D eigenvalue weighted by molar-refractivity contribution is 5.97. The number of ketones is 1. The van der Waals surface area contributed by atoms with Crippen molar-refractivity contribution in [1.82, 2.24) is 4.98 Å². The molecule has 0 saturated heterocycles. The van der Waals surface area contributed by atoms with Crippen molar-refractivity contribution in [1.29, 1.82) is 5.26 Å². The summed E-state index contributed by atoms with van der Waals surface area (Å²) in [6.07, 6.45) is 2.36. The minimum absolute atomic E-state index is 0.0250. The van der Waals surface area contributed by atoms with Gasteiger partial charge in [-0.3, -0.25) is 4.79 Å². The Morgan fingerprint density at radius 2 is 1.94 bits per heavy atom. The van der Waals surface area contributed by atoms with Crippen LogP contribution < -0.4 is 5.32 Å². The number of carbonyl (C=O) groups excluding carboxylic acids is 1. The van der Waals surface area contributed by atoms with Crippen molar-refractivity contribution in [2.24, 2.45) is 0 Å². The molecule has 158 valence electrons. The van der Waals surface area contributed by atoms with E-state index in [-0.39, 0.29) is 18.0 Å². The van der Waals surface area contributed by atoms with Gasteiger partial charge in [0.25, 0.3) is 6.01 Å². The van der Waals surface area contributed by atoms with Crippen LogP contribution >= 0.6 is 0 Å². The second kappa shape index (κ2) is 9.27. The molecule has 0 aliphatic rings. The third kappa shape index (κ3) is 4.90. The zero-order chi connectivity index (χ0) is 22.5. The number of nitriles is 1. The molecule has 1 aromatic heterocycles. The lowest BCUT2D eigenvalue weighted by atomic mass is 10.0. The maximum absolute atomic E-state index is 13.3. The quantitative estimate of drug-likeness (QED) is 0.356. The van der Waals surface area contributed by atoms with E-state index in [1.54, 1.807) is 48.7 Å². The van der Waals surface area contributed by atoms with Crippen LogP contribution in [-0.2, 0) is 6.42 Å². The fourth-order valence-corrected chi connectivity index (χ4v) is 3.31. The van der Waals surface area contributed by atoms with Gasteiger partial charge in [-0.1, -0.05) is 24.3 Å². The first-order valence-electron chi connectivity index (χ1n) is 10.1. The van der Waals surface area contributed by atoms with Gasteiger partial charge in [0.05, 0.1) is 17.8 Å². The highest BCUT2D eigenvalue weighted by Gasteiger charge is 2.12. The number of nitrogens with zero attached hydrogens (tertiary/aromatic N) is 2. The molecular weight excluding hydrogens is 405 g/mol. The second-order valence-electron chi connectivity index (χ2n) is 7.43. The molecule has 4 rings (SSSR count). The Morgan fingerprint density at radius 3 is 2.69 bits per heavy atom. The first-order chi connectivity index (χ1) is 15.5. The van der Waals surface area contributed by atoms with E-state index >= 15 is 0 Å². The Labute approximate surface area is 185 Å². The van der Waals surface area contributed by atoms with Crippen LogP contribution in [-0.4, -0.2) is 10.8 Å². The van der Waals surface area contributed by atoms with Crippen molar-refractivity contribution in [3.63, 3.8) is 0 Å². The lowest BCUT2D eigenvalue weighted by molar-refractivity contribution is 0.0983. The molecule has 0 unspecified atom stereocenters. The number of hydrogen-bond donors (Lipinski definition) is 1. The monoisotopic (exact) mass is 425 g/mol. The average molecular weight is 425 g/mol. The molecule has 0 bridgehead atoms. The predicted molar refractivity (Wildman–Crippen MR) is 120 cm³/mol. The number of aromatic nitrogens is 1. The third-order valence-corrected chi connectivity index (χ3v) is 5.14. The Morgan fingerprint density at radius 1 is 1.12 bits per heavy atom. The number of hydrogen-bond acceptors (Lipinski definition) is 5. The Bertz CT molecular complexity index is 1300. The molecule has 0 saturated carbocycles. The Kier molecular flexibility index (Phi) is 6.09. The number of nitrogens with one attached hydrogen (secondary N) is 1. The third-order valence-electron chi connectivity index (χ3n) is 5.14. The molecule has 0 aliphatic carbocycles. The van der Waals surface area contributed by atoms with Crippen molar-refractivity contribution < 1.29 is 13.6 Å². The van der Waals surface area contributed by atoms with Gasteiger partial charge >= 0.3 is 0 Å². The molecule has 0 amide bonds. The summed E-state index contributed by atoms with van der Waals surface area (Å²) in [5.74, 6) is 0.239. The first-order valence-corrected chi connectivity index (χ1v) is 10.1. The number of oxazole rings is 1. The molecule has 0 aliphatic heterocycles. The molecule has 4 aromatic rings. The number of anilines is 2. The maximum atomic E-state index is 13.3.